The number of carbonyl (C=O) groups excluding carboxylic acids is 1. The van der Waals surface area contributed by atoms with Crippen molar-refractivity contribution >= 4 is 6.09 Å². The number of hydrogen-bond donors (Lipinski definition) is 2. The second-order valence-corrected chi connectivity index (χ2v) is 5.29. The van der Waals surface area contributed by atoms with Gasteiger partial charge in [0.15, 0.2) is 0 Å². The molecule has 2 aromatic carbocycles. The van der Waals surface area contributed by atoms with Gasteiger partial charge in [-0.3, -0.25) is 0 Å². The number of halogens is 1. The zero-order valence-corrected chi connectivity index (χ0v) is 12.7. The van der Waals surface area contributed by atoms with E-state index in [-0.39, 0.29) is 31.5 Å². The van der Waals surface area contributed by atoms with Crippen molar-refractivity contribution in [2.75, 3.05) is 13.2 Å². The Labute approximate surface area is 134 Å². The van der Waals surface area contributed by atoms with Crippen molar-refractivity contribution in [2.24, 2.45) is 5.92 Å². The highest BCUT2D eigenvalue weighted by Crippen LogP contribution is 2.12. The van der Waals surface area contributed by atoms with E-state index in [1.165, 1.54) is 6.07 Å². The number of amides is 1. The summed E-state index contributed by atoms with van der Waals surface area (Å²) in [5.41, 5.74) is 1.42. The fraction of sp³-hybridized carbons (Fsp3) is 0.278. The molecule has 1 atom stereocenters. The molecule has 0 saturated carbocycles. The molecule has 0 saturated heterocycles. The van der Waals surface area contributed by atoms with Gasteiger partial charge in [-0.05, 0) is 23.6 Å². The fourth-order valence-corrected chi connectivity index (χ4v) is 2.18. The number of carbonyl (C=O) groups is 1. The second kappa shape index (κ2) is 8.90. The highest BCUT2D eigenvalue weighted by Gasteiger charge is 2.13. The van der Waals surface area contributed by atoms with Gasteiger partial charge in [0.1, 0.15) is 12.4 Å². The van der Waals surface area contributed by atoms with Gasteiger partial charge < -0.3 is 15.2 Å². The first-order valence-electron chi connectivity index (χ1n) is 7.48. The Bertz CT molecular complexity index is 619. The topological polar surface area (TPSA) is 58.6 Å². The molecule has 5 heteroatoms. The smallest absolute Gasteiger partial charge is 0.407 e. The van der Waals surface area contributed by atoms with Crippen molar-refractivity contribution < 1.29 is 19.0 Å². The zero-order valence-electron chi connectivity index (χ0n) is 12.7. The van der Waals surface area contributed by atoms with Gasteiger partial charge >= 0.3 is 6.09 Å². The van der Waals surface area contributed by atoms with Crippen LogP contribution < -0.4 is 5.32 Å². The summed E-state index contributed by atoms with van der Waals surface area (Å²) in [6, 6.07) is 15.8. The number of ether oxygens (including phenoxy) is 1. The lowest BCUT2D eigenvalue weighted by atomic mass is 10.00. The van der Waals surface area contributed by atoms with E-state index in [2.05, 4.69) is 5.32 Å². The molecular weight excluding hydrogens is 297 g/mol. The molecule has 1 amide bonds. The standard InChI is InChI=1S/C18H20FNO3/c19-17-9-5-4-8-16(17)10-15(12-21)11-20-18(22)23-13-14-6-2-1-3-7-14/h1-9,15,21H,10-13H2,(H,20,22). The van der Waals surface area contributed by atoms with E-state index in [0.29, 0.717) is 12.0 Å². The van der Waals surface area contributed by atoms with Crippen molar-refractivity contribution in [1.82, 2.24) is 5.32 Å². The van der Waals surface area contributed by atoms with Crippen LogP contribution >= 0.6 is 0 Å². The maximum absolute atomic E-state index is 13.6. The number of aliphatic hydroxyl groups excluding tert-OH is 1. The SMILES string of the molecule is O=C(NCC(CO)Cc1ccccc1F)OCc1ccccc1. The van der Waals surface area contributed by atoms with Gasteiger partial charge in [-0.1, -0.05) is 48.5 Å². The number of aliphatic hydroxyl groups is 1. The van der Waals surface area contributed by atoms with Crippen molar-refractivity contribution in [3.8, 4) is 0 Å². The van der Waals surface area contributed by atoms with Crippen molar-refractivity contribution in [3.05, 3.63) is 71.5 Å². The summed E-state index contributed by atoms with van der Waals surface area (Å²) in [5.74, 6) is -0.575. The number of alkyl carbamates (subject to hydrolysis) is 1. The molecule has 0 aromatic heterocycles. The average molecular weight is 317 g/mol. The first-order valence-corrected chi connectivity index (χ1v) is 7.48. The molecule has 0 aliphatic heterocycles. The van der Waals surface area contributed by atoms with Gasteiger partial charge in [0.25, 0.3) is 0 Å². The summed E-state index contributed by atoms with van der Waals surface area (Å²) >= 11 is 0. The Kier molecular flexibility index (Phi) is 6.56. The summed E-state index contributed by atoms with van der Waals surface area (Å²) in [5, 5.41) is 12.0. The number of nitrogens with one attached hydrogen (secondary N) is 1. The third kappa shape index (κ3) is 5.71. The molecule has 0 spiro atoms. The molecule has 0 aliphatic rings. The van der Waals surface area contributed by atoms with Gasteiger partial charge in [-0.2, -0.15) is 0 Å². The Morgan fingerprint density at radius 3 is 2.52 bits per heavy atom. The second-order valence-electron chi connectivity index (χ2n) is 5.29. The van der Waals surface area contributed by atoms with Crippen LogP contribution in [0.1, 0.15) is 11.1 Å². The largest absolute Gasteiger partial charge is 0.445 e. The number of rotatable bonds is 7. The van der Waals surface area contributed by atoms with Crippen LogP contribution in [0.15, 0.2) is 54.6 Å². The quantitative estimate of drug-likeness (QED) is 0.825. The van der Waals surface area contributed by atoms with E-state index < -0.39 is 6.09 Å². The Morgan fingerprint density at radius 2 is 1.83 bits per heavy atom. The van der Waals surface area contributed by atoms with Crippen LogP contribution in [0.2, 0.25) is 0 Å². The minimum Gasteiger partial charge on any atom is -0.445 e. The van der Waals surface area contributed by atoms with Crippen molar-refractivity contribution in [3.63, 3.8) is 0 Å². The lowest BCUT2D eigenvalue weighted by Crippen LogP contribution is -2.32. The molecule has 2 aromatic rings. The van der Waals surface area contributed by atoms with Gasteiger partial charge in [0, 0.05) is 19.1 Å². The fourth-order valence-electron chi connectivity index (χ4n) is 2.18. The van der Waals surface area contributed by atoms with Crippen molar-refractivity contribution in [2.45, 2.75) is 13.0 Å². The third-order valence-corrected chi connectivity index (χ3v) is 3.47. The Balaban J connectivity index is 1.76. The molecule has 122 valence electrons. The van der Waals surface area contributed by atoms with E-state index in [1.54, 1.807) is 18.2 Å². The highest BCUT2D eigenvalue weighted by atomic mass is 19.1. The van der Waals surface area contributed by atoms with E-state index in [1.807, 2.05) is 30.3 Å². The van der Waals surface area contributed by atoms with Crippen LogP contribution in [-0.4, -0.2) is 24.4 Å². The van der Waals surface area contributed by atoms with Crippen LogP contribution in [0.4, 0.5) is 9.18 Å². The van der Waals surface area contributed by atoms with E-state index in [0.717, 1.165) is 5.56 Å². The summed E-state index contributed by atoms with van der Waals surface area (Å²) in [6.07, 6.45) is -0.205. The molecule has 0 heterocycles. The Hall–Kier alpha value is -2.40. The molecule has 0 radical (unpaired) electrons. The summed E-state index contributed by atoms with van der Waals surface area (Å²) < 4.78 is 18.7. The number of hydrogen-bond acceptors (Lipinski definition) is 3. The summed E-state index contributed by atoms with van der Waals surface area (Å²) in [7, 11) is 0. The van der Waals surface area contributed by atoms with Gasteiger partial charge in [0.05, 0.1) is 0 Å². The minimum absolute atomic E-state index is 0.146. The summed E-state index contributed by atoms with van der Waals surface area (Å²) in [6.45, 7) is 0.259. The van der Waals surface area contributed by atoms with Crippen molar-refractivity contribution in [1.29, 1.82) is 0 Å². The molecule has 0 fully saturated rings. The van der Waals surface area contributed by atoms with Gasteiger partial charge in [0.2, 0.25) is 0 Å². The predicted octanol–water partition coefficient (Wildman–Crippen LogP) is 2.90. The maximum Gasteiger partial charge on any atom is 0.407 e. The van der Waals surface area contributed by atoms with E-state index in [9.17, 15) is 14.3 Å². The molecule has 2 N–H and O–H groups in total. The van der Waals surface area contributed by atoms with E-state index >= 15 is 0 Å². The third-order valence-electron chi connectivity index (χ3n) is 3.47. The van der Waals surface area contributed by atoms with Gasteiger partial charge in [-0.25, -0.2) is 9.18 Å². The average Bonchev–Trinajstić information content (AvgIpc) is 2.59. The lowest BCUT2D eigenvalue weighted by Gasteiger charge is -2.15. The minimum atomic E-state index is -0.555. The molecule has 0 bridgehead atoms. The van der Waals surface area contributed by atoms with Crippen LogP contribution in [-0.2, 0) is 17.8 Å². The normalized spacial score (nSPS) is 11.7. The monoisotopic (exact) mass is 317 g/mol. The van der Waals surface area contributed by atoms with Crippen LogP contribution in [0.3, 0.4) is 0 Å². The lowest BCUT2D eigenvalue weighted by molar-refractivity contribution is 0.135. The molecule has 0 aliphatic carbocycles. The molecule has 4 nitrogen and oxygen atoms in total. The first-order chi connectivity index (χ1) is 11.2. The van der Waals surface area contributed by atoms with Crippen LogP contribution in [0.25, 0.3) is 0 Å². The Morgan fingerprint density at radius 1 is 1.13 bits per heavy atom. The van der Waals surface area contributed by atoms with E-state index in [4.69, 9.17) is 4.74 Å². The maximum atomic E-state index is 13.6. The molecule has 2 rings (SSSR count). The molecular formula is C18H20FNO3. The first kappa shape index (κ1) is 17.0. The number of benzene rings is 2. The predicted molar refractivity (Wildman–Crippen MR) is 85.3 cm³/mol. The van der Waals surface area contributed by atoms with Gasteiger partial charge in [-0.15, -0.1) is 0 Å². The molecule has 1 unspecified atom stereocenters. The zero-order chi connectivity index (χ0) is 16.5. The highest BCUT2D eigenvalue weighted by molar-refractivity contribution is 5.67. The molecule has 23 heavy (non-hydrogen) atoms. The van der Waals surface area contributed by atoms with Crippen LogP contribution in [0.5, 0.6) is 0 Å². The summed E-state index contributed by atoms with van der Waals surface area (Å²) in [4.78, 5) is 11.7. The van der Waals surface area contributed by atoms with Crippen LogP contribution in [0, 0.1) is 11.7 Å².